The summed E-state index contributed by atoms with van der Waals surface area (Å²) in [4.78, 5) is 0.880. The fraction of sp³-hybridized carbons (Fsp3) is 0.0909. The Morgan fingerprint density at radius 2 is 1.81 bits per heavy atom. The lowest BCUT2D eigenvalue weighted by Crippen LogP contribution is -1.99. The van der Waals surface area contributed by atoms with Crippen LogP contribution in [0.5, 0.6) is 5.75 Å². The van der Waals surface area contributed by atoms with E-state index in [4.69, 9.17) is 0 Å². The minimum Gasteiger partial charge on any atom is -0.507 e. The third kappa shape index (κ3) is 1.83. The van der Waals surface area contributed by atoms with Crippen LogP contribution in [0.25, 0.3) is 0 Å². The molecule has 0 amide bonds. The Labute approximate surface area is 97.9 Å². The zero-order valence-corrected chi connectivity index (χ0v) is 10.2. The van der Waals surface area contributed by atoms with Gasteiger partial charge in [-0.05, 0) is 31.2 Å². The van der Waals surface area contributed by atoms with Gasteiger partial charge < -0.3 is 5.11 Å². The molecule has 0 saturated heterocycles. The lowest BCUT2D eigenvalue weighted by Gasteiger charge is -2.03. The molecule has 84 valence electrons. The highest BCUT2D eigenvalue weighted by atomic mass is 32.2. The average molecular weight is 254 g/mol. The lowest BCUT2D eigenvalue weighted by atomic mass is 10.3. The second kappa shape index (κ2) is 3.92. The van der Waals surface area contributed by atoms with Crippen molar-refractivity contribution in [3.8, 4) is 5.75 Å². The van der Waals surface area contributed by atoms with E-state index in [1.807, 2.05) is 6.92 Å². The highest BCUT2D eigenvalue weighted by Gasteiger charge is 2.22. The smallest absolute Gasteiger partial charge is 0.219 e. The predicted molar refractivity (Wildman–Crippen MR) is 62.6 cm³/mol. The van der Waals surface area contributed by atoms with Gasteiger partial charge >= 0.3 is 0 Å². The van der Waals surface area contributed by atoms with Gasteiger partial charge in [0, 0.05) is 4.88 Å². The Balaban J connectivity index is 2.60. The number of benzene rings is 1. The molecular formula is C11H10O3S2. The third-order valence-electron chi connectivity index (χ3n) is 2.14. The molecule has 0 aliphatic carbocycles. The van der Waals surface area contributed by atoms with Crippen molar-refractivity contribution in [3.63, 3.8) is 0 Å². The molecule has 0 aliphatic rings. The molecule has 0 atom stereocenters. The highest BCUT2D eigenvalue weighted by Crippen LogP contribution is 2.31. The molecule has 0 fully saturated rings. The highest BCUT2D eigenvalue weighted by molar-refractivity contribution is 7.93. The van der Waals surface area contributed by atoms with Crippen LogP contribution >= 0.6 is 11.3 Å². The Hall–Kier alpha value is -1.33. The maximum atomic E-state index is 12.1. The molecule has 0 unspecified atom stereocenters. The normalized spacial score (nSPS) is 11.6. The summed E-state index contributed by atoms with van der Waals surface area (Å²) in [5, 5.41) is 9.54. The standard InChI is InChI=1S/C11H10O3S2/c1-8-6-7-11(15-8)16(13,14)10-5-3-2-4-9(10)12/h2-7,12H,1H3. The van der Waals surface area contributed by atoms with E-state index in [0.29, 0.717) is 0 Å². The van der Waals surface area contributed by atoms with Gasteiger partial charge in [-0.25, -0.2) is 8.42 Å². The van der Waals surface area contributed by atoms with Gasteiger partial charge in [-0.2, -0.15) is 0 Å². The number of hydrogen-bond acceptors (Lipinski definition) is 4. The van der Waals surface area contributed by atoms with Gasteiger partial charge in [0.2, 0.25) is 9.84 Å². The fourth-order valence-electron chi connectivity index (χ4n) is 1.35. The van der Waals surface area contributed by atoms with Gasteiger partial charge in [0.25, 0.3) is 0 Å². The molecule has 1 aromatic heterocycles. The van der Waals surface area contributed by atoms with Crippen LogP contribution in [0, 0.1) is 6.92 Å². The van der Waals surface area contributed by atoms with Crippen LogP contribution in [0.1, 0.15) is 4.88 Å². The van der Waals surface area contributed by atoms with Crippen LogP contribution in [0.3, 0.4) is 0 Å². The molecule has 0 spiro atoms. The third-order valence-corrected chi connectivity index (χ3v) is 5.43. The lowest BCUT2D eigenvalue weighted by molar-refractivity contribution is 0.459. The number of phenolic OH excluding ortho intramolecular Hbond substituents is 1. The molecule has 2 aromatic rings. The summed E-state index contributed by atoms with van der Waals surface area (Å²) < 4.78 is 24.5. The number of rotatable bonds is 2. The van der Waals surface area contributed by atoms with Crippen LogP contribution in [-0.4, -0.2) is 13.5 Å². The van der Waals surface area contributed by atoms with Crippen LogP contribution in [0.4, 0.5) is 0 Å². The van der Waals surface area contributed by atoms with Gasteiger partial charge in [-0.15, -0.1) is 11.3 Å². The molecule has 0 saturated carbocycles. The summed E-state index contributed by atoms with van der Waals surface area (Å²) in [6, 6.07) is 9.26. The Kier molecular flexibility index (Phi) is 2.73. The number of hydrogen-bond donors (Lipinski definition) is 1. The summed E-state index contributed by atoms with van der Waals surface area (Å²) >= 11 is 1.20. The van der Waals surface area contributed by atoms with E-state index in [-0.39, 0.29) is 14.9 Å². The Morgan fingerprint density at radius 3 is 2.38 bits per heavy atom. The number of aryl methyl sites for hydroxylation is 1. The number of para-hydroxylation sites is 1. The van der Waals surface area contributed by atoms with E-state index < -0.39 is 9.84 Å². The first-order valence-electron chi connectivity index (χ1n) is 4.61. The van der Waals surface area contributed by atoms with Gasteiger partial charge in [0.05, 0.1) is 0 Å². The van der Waals surface area contributed by atoms with Crippen molar-refractivity contribution >= 4 is 21.2 Å². The summed E-state index contributed by atoms with van der Waals surface area (Å²) in [6.45, 7) is 1.84. The van der Waals surface area contributed by atoms with Crippen molar-refractivity contribution in [2.24, 2.45) is 0 Å². The summed E-state index contributed by atoms with van der Waals surface area (Å²) in [7, 11) is -3.58. The van der Waals surface area contributed by atoms with Crippen molar-refractivity contribution in [1.29, 1.82) is 0 Å². The molecule has 3 nitrogen and oxygen atoms in total. The number of phenols is 1. The van der Waals surface area contributed by atoms with Crippen molar-refractivity contribution in [1.82, 2.24) is 0 Å². The Bertz CT molecular complexity index is 612. The second-order valence-electron chi connectivity index (χ2n) is 3.34. The predicted octanol–water partition coefficient (Wildman–Crippen LogP) is 2.59. The van der Waals surface area contributed by atoms with Gasteiger partial charge in [0.15, 0.2) is 0 Å². The number of aromatic hydroxyl groups is 1. The van der Waals surface area contributed by atoms with Crippen molar-refractivity contribution in [3.05, 3.63) is 41.3 Å². The first-order chi connectivity index (χ1) is 7.51. The molecule has 0 bridgehead atoms. The van der Waals surface area contributed by atoms with Crippen LogP contribution in [0.2, 0.25) is 0 Å². The van der Waals surface area contributed by atoms with Crippen molar-refractivity contribution < 1.29 is 13.5 Å². The zero-order valence-electron chi connectivity index (χ0n) is 8.54. The van der Waals surface area contributed by atoms with E-state index in [9.17, 15) is 13.5 Å². The molecule has 16 heavy (non-hydrogen) atoms. The Morgan fingerprint density at radius 1 is 1.12 bits per heavy atom. The quantitative estimate of drug-likeness (QED) is 0.896. The molecule has 2 rings (SSSR count). The SMILES string of the molecule is Cc1ccc(S(=O)(=O)c2ccccc2O)s1. The van der Waals surface area contributed by atoms with Crippen LogP contribution in [0.15, 0.2) is 45.5 Å². The van der Waals surface area contributed by atoms with Crippen molar-refractivity contribution in [2.75, 3.05) is 0 Å². The monoisotopic (exact) mass is 254 g/mol. The van der Waals surface area contributed by atoms with Gasteiger partial charge in [-0.1, -0.05) is 12.1 Å². The summed E-state index contributed by atoms with van der Waals surface area (Å²) in [6.07, 6.45) is 0. The van der Waals surface area contributed by atoms with E-state index in [0.717, 1.165) is 4.88 Å². The van der Waals surface area contributed by atoms with Gasteiger partial charge in [0.1, 0.15) is 14.9 Å². The van der Waals surface area contributed by atoms with Crippen molar-refractivity contribution in [2.45, 2.75) is 16.0 Å². The molecular weight excluding hydrogens is 244 g/mol. The molecule has 1 heterocycles. The first kappa shape index (κ1) is 11.2. The van der Waals surface area contributed by atoms with Gasteiger partial charge in [-0.3, -0.25) is 0 Å². The molecule has 0 aliphatic heterocycles. The molecule has 1 aromatic carbocycles. The van der Waals surface area contributed by atoms with E-state index in [2.05, 4.69) is 0 Å². The first-order valence-corrected chi connectivity index (χ1v) is 6.91. The molecule has 1 N–H and O–H groups in total. The summed E-state index contributed by atoms with van der Waals surface area (Å²) in [5.41, 5.74) is 0. The largest absolute Gasteiger partial charge is 0.507 e. The molecule has 5 heteroatoms. The number of sulfone groups is 1. The van der Waals surface area contributed by atoms with E-state index in [1.54, 1.807) is 24.3 Å². The van der Waals surface area contributed by atoms with E-state index >= 15 is 0 Å². The van der Waals surface area contributed by atoms with Crippen LogP contribution < -0.4 is 0 Å². The fourth-order valence-corrected chi connectivity index (χ4v) is 4.11. The summed E-state index contributed by atoms with van der Waals surface area (Å²) in [5.74, 6) is -0.214. The van der Waals surface area contributed by atoms with E-state index in [1.165, 1.54) is 23.5 Å². The second-order valence-corrected chi connectivity index (χ2v) is 6.77. The topological polar surface area (TPSA) is 54.4 Å². The average Bonchev–Trinajstić information content (AvgIpc) is 2.66. The maximum Gasteiger partial charge on any atom is 0.219 e. The minimum absolute atomic E-state index is 0.0446. The molecule has 0 radical (unpaired) electrons. The minimum atomic E-state index is -3.58. The van der Waals surface area contributed by atoms with Crippen LogP contribution in [-0.2, 0) is 9.84 Å². The zero-order chi connectivity index (χ0) is 11.8. The number of thiophene rings is 1. The maximum absolute atomic E-state index is 12.1.